The van der Waals surface area contributed by atoms with Crippen LogP contribution in [-0.4, -0.2) is 44.4 Å². The van der Waals surface area contributed by atoms with Crippen molar-refractivity contribution in [1.82, 2.24) is 25.5 Å². The molecule has 0 spiro atoms. The third-order valence-corrected chi connectivity index (χ3v) is 1.60. The zero-order valence-electron chi connectivity index (χ0n) is 7.76. The summed E-state index contributed by atoms with van der Waals surface area (Å²) in [5, 5.41) is 21.5. The standard InChI is InChI=1S/C7H13N5O2/c13-4-2-1-3-8-7(14)5-12-6-9-10-11-12/h6,13H,1-5H2,(H,8,14). The van der Waals surface area contributed by atoms with E-state index in [-0.39, 0.29) is 19.1 Å². The van der Waals surface area contributed by atoms with E-state index in [9.17, 15) is 4.79 Å². The minimum absolute atomic E-state index is 0.129. The van der Waals surface area contributed by atoms with Gasteiger partial charge in [0.25, 0.3) is 0 Å². The van der Waals surface area contributed by atoms with Crippen molar-refractivity contribution in [2.45, 2.75) is 19.4 Å². The number of unbranched alkanes of at least 4 members (excludes halogenated alkanes) is 1. The Hall–Kier alpha value is -1.50. The van der Waals surface area contributed by atoms with E-state index in [1.54, 1.807) is 0 Å². The van der Waals surface area contributed by atoms with Crippen LogP contribution in [0.3, 0.4) is 0 Å². The maximum atomic E-state index is 11.2. The molecule has 14 heavy (non-hydrogen) atoms. The fourth-order valence-corrected chi connectivity index (χ4v) is 0.920. The smallest absolute Gasteiger partial charge is 0.241 e. The maximum absolute atomic E-state index is 11.2. The summed E-state index contributed by atoms with van der Waals surface area (Å²) in [5.41, 5.74) is 0. The summed E-state index contributed by atoms with van der Waals surface area (Å²) in [6.07, 6.45) is 2.86. The van der Waals surface area contributed by atoms with Gasteiger partial charge >= 0.3 is 0 Å². The minimum Gasteiger partial charge on any atom is -0.396 e. The van der Waals surface area contributed by atoms with Crippen LogP contribution in [0.25, 0.3) is 0 Å². The molecule has 1 aromatic rings. The van der Waals surface area contributed by atoms with Gasteiger partial charge in [-0.25, -0.2) is 4.68 Å². The number of aliphatic hydroxyl groups is 1. The minimum atomic E-state index is -0.129. The first-order valence-corrected chi connectivity index (χ1v) is 4.41. The number of nitrogens with zero attached hydrogens (tertiary/aromatic N) is 4. The molecule has 0 saturated carbocycles. The van der Waals surface area contributed by atoms with Crippen molar-refractivity contribution in [2.75, 3.05) is 13.2 Å². The van der Waals surface area contributed by atoms with Crippen LogP contribution in [0.1, 0.15) is 12.8 Å². The van der Waals surface area contributed by atoms with Gasteiger partial charge in [0, 0.05) is 13.2 Å². The van der Waals surface area contributed by atoms with Crippen LogP contribution in [0.5, 0.6) is 0 Å². The average molecular weight is 199 g/mol. The second-order valence-corrected chi connectivity index (χ2v) is 2.79. The van der Waals surface area contributed by atoms with Gasteiger partial charge in [-0.2, -0.15) is 0 Å². The molecule has 2 N–H and O–H groups in total. The molecule has 0 bridgehead atoms. The zero-order valence-corrected chi connectivity index (χ0v) is 7.76. The van der Waals surface area contributed by atoms with Gasteiger partial charge in [0.05, 0.1) is 0 Å². The van der Waals surface area contributed by atoms with Gasteiger partial charge in [0.15, 0.2) is 0 Å². The van der Waals surface area contributed by atoms with Gasteiger partial charge < -0.3 is 10.4 Å². The second kappa shape index (κ2) is 6.03. The Labute approximate surface area is 81.1 Å². The first-order valence-electron chi connectivity index (χ1n) is 4.41. The SMILES string of the molecule is O=C(Cn1cnnn1)NCCCCO. The number of carbonyl (C=O) groups excluding carboxylic acids is 1. The molecule has 7 nitrogen and oxygen atoms in total. The number of tetrazole rings is 1. The van der Waals surface area contributed by atoms with Crippen molar-refractivity contribution in [3.63, 3.8) is 0 Å². The van der Waals surface area contributed by atoms with Gasteiger partial charge in [-0.3, -0.25) is 4.79 Å². The molecule has 0 atom stereocenters. The average Bonchev–Trinajstić information content (AvgIpc) is 2.65. The number of hydrogen-bond acceptors (Lipinski definition) is 5. The molecule has 0 aliphatic heterocycles. The van der Waals surface area contributed by atoms with E-state index in [4.69, 9.17) is 5.11 Å². The van der Waals surface area contributed by atoms with E-state index in [2.05, 4.69) is 20.8 Å². The summed E-state index contributed by atoms with van der Waals surface area (Å²) in [5.74, 6) is -0.129. The molecule has 0 aliphatic carbocycles. The van der Waals surface area contributed by atoms with Crippen molar-refractivity contribution in [3.05, 3.63) is 6.33 Å². The molecule has 1 amide bonds. The van der Waals surface area contributed by atoms with Crippen LogP contribution in [0.4, 0.5) is 0 Å². The molecular weight excluding hydrogens is 186 g/mol. The number of amides is 1. The Morgan fingerprint density at radius 1 is 1.50 bits per heavy atom. The van der Waals surface area contributed by atoms with Gasteiger partial charge in [0.2, 0.25) is 5.91 Å². The van der Waals surface area contributed by atoms with E-state index in [1.165, 1.54) is 11.0 Å². The predicted octanol–water partition coefficient (Wildman–Crippen LogP) is -1.44. The lowest BCUT2D eigenvalue weighted by Crippen LogP contribution is -2.28. The summed E-state index contributed by atoms with van der Waals surface area (Å²) in [4.78, 5) is 11.2. The molecule has 0 aromatic carbocycles. The molecule has 0 aliphatic rings. The quantitative estimate of drug-likeness (QED) is 0.547. The van der Waals surface area contributed by atoms with E-state index < -0.39 is 0 Å². The Morgan fingerprint density at radius 2 is 2.36 bits per heavy atom. The van der Waals surface area contributed by atoms with E-state index >= 15 is 0 Å². The van der Waals surface area contributed by atoms with Crippen molar-refractivity contribution in [3.8, 4) is 0 Å². The molecular formula is C7H13N5O2. The van der Waals surface area contributed by atoms with Crippen LogP contribution in [-0.2, 0) is 11.3 Å². The Balaban J connectivity index is 2.11. The number of carbonyl (C=O) groups is 1. The van der Waals surface area contributed by atoms with Crippen LogP contribution >= 0.6 is 0 Å². The number of rotatable bonds is 6. The van der Waals surface area contributed by atoms with Crippen LogP contribution < -0.4 is 5.32 Å². The van der Waals surface area contributed by atoms with Crippen LogP contribution in [0, 0.1) is 0 Å². The Bertz CT molecular complexity index is 261. The summed E-state index contributed by atoms with van der Waals surface area (Å²) in [6, 6.07) is 0. The zero-order chi connectivity index (χ0) is 10.2. The second-order valence-electron chi connectivity index (χ2n) is 2.79. The number of hydrogen-bond donors (Lipinski definition) is 2. The fourth-order valence-electron chi connectivity index (χ4n) is 0.920. The van der Waals surface area contributed by atoms with Gasteiger partial charge in [-0.1, -0.05) is 0 Å². The summed E-state index contributed by atoms with van der Waals surface area (Å²) < 4.78 is 1.35. The van der Waals surface area contributed by atoms with Crippen molar-refractivity contribution in [2.24, 2.45) is 0 Å². The monoisotopic (exact) mass is 199 g/mol. The molecule has 78 valence electrons. The van der Waals surface area contributed by atoms with E-state index in [0.717, 1.165) is 6.42 Å². The van der Waals surface area contributed by atoms with Crippen molar-refractivity contribution < 1.29 is 9.90 Å². The molecule has 1 aromatic heterocycles. The molecule has 1 rings (SSSR count). The first-order chi connectivity index (χ1) is 6.83. The molecule has 0 fully saturated rings. The van der Waals surface area contributed by atoms with Crippen molar-refractivity contribution in [1.29, 1.82) is 0 Å². The third kappa shape index (κ3) is 3.94. The van der Waals surface area contributed by atoms with E-state index in [0.29, 0.717) is 13.0 Å². The summed E-state index contributed by atoms with van der Waals surface area (Å²) >= 11 is 0. The highest BCUT2D eigenvalue weighted by Crippen LogP contribution is 1.84. The topological polar surface area (TPSA) is 92.9 Å². The lowest BCUT2D eigenvalue weighted by Gasteiger charge is -2.03. The Kier molecular flexibility index (Phi) is 4.56. The molecule has 0 unspecified atom stereocenters. The highest BCUT2D eigenvalue weighted by molar-refractivity contribution is 5.75. The normalized spacial score (nSPS) is 10.1. The maximum Gasteiger partial charge on any atom is 0.241 e. The Morgan fingerprint density at radius 3 is 3.00 bits per heavy atom. The van der Waals surface area contributed by atoms with Gasteiger partial charge in [-0.15, -0.1) is 5.10 Å². The highest BCUT2D eigenvalue weighted by Gasteiger charge is 2.01. The molecule has 0 saturated heterocycles. The van der Waals surface area contributed by atoms with Gasteiger partial charge in [-0.05, 0) is 23.3 Å². The third-order valence-electron chi connectivity index (χ3n) is 1.60. The lowest BCUT2D eigenvalue weighted by atomic mass is 10.3. The number of nitrogens with one attached hydrogen (secondary N) is 1. The summed E-state index contributed by atoms with van der Waals surface area (Å²) in [7, 11) is 0. The molecule has 0 radical (unpaired) electrons. The fraction of sp³-hybridized carbons (Fsp3) is 0.714. The van der Waals surface area contributed by atoms with Crippen molar-refractivity contribution >= 4 is 5.91 Å². The number of aliphatic hydroxyl groups excluding tert-OH is 1. The lowest BCUT2D eigenvalue weighted by molar-refractivity contribution is -0.121. The largest absolute Gasteiger partial charge is 0.396 e. The molecule has 7 heteroatoms. The molecule has 1 heterocycles. The number of aromatic nitrogens is 4. The van der Waals surface area contributed by atoms with Crippen LogP contribution in [0.15, 0.2) is 6.33 Å². The predicted molar refractivity (Wildman–Crippen MR) is 47.1 cm³/mol. The highest BCUT2D eigenvalue weighted by atomic mass is 16.2. The van der Waals surface area contributed by atoms with Gasteiger partial charge in [0.1, 0.15) is 12.9 Å². The van der Waals surface area contributed by atoms with E-state index in [1.807, 2.05) is 0 Å². The summed E-state index contributed by atoms with van der Waals surface area (Å²) in [6.45, 7) is 0.858. The van der Waals surface area contributed by atoms with Crippen LogP contribution in [0.2, 0.25) is 0 Å². The first kappa shape index (κ1) is 10.6.